The Morgan fingerprint density at radius 2 is 0.892 bits per heavy atom. The molecule has 11 aromatic rings. The summed E-state index contributed by atoms with van der Waals surface area (Å²) in [6.07, 6.45) is 0. The molecule has 1 heterocycles. The Kier molecular flexibility index (Phi) is 7.25. The average Bonchev–Trinajstić information content (AvgIpc) is 3.99. The molecule has 10 aromatic carbocycles. The third kappa shape index (κ3) is 5.49. The molecule has 2 aliphatic carbocycles. The summed E-state index contributed by atoms with van der Waals surface area (Å²) in [4.78, 5) is 4.62. The second-order valence-electron chi connectivity index (χ2n) is 16.9. The Hall–Kier alpha value is -8.40. The van der Waals surface area contributed by atoms with Gasteiger partial charge in [-0.1, -0.05) is 170 Å². The molecule has 1 unspecified atom stereocenters. The van der Waals surface area contributed by atoms with Crippen molar-refractivity contribution < 1.29 is 6.85 Å². The van der Waals surface area contributed by atoms with Crippen LogP contribution in [-0.4, -0.2) is 4.57 Å². The SMILES string of the molecule is [2H]c1c([2H])c([2H])c(-c2cccc(N(c3ccc4c(c3)C3(c5ccccc5-c5ccc(N(c6ccccc6)c6ccccc6)cc53)c3ccccc3-4)c3cccc4c5ccccc5n(C)c34)c2)c([2H])c1[2H]. The van der Waals surface area contributed by atoms with E-state index in [-0.39, 0.29) is 29.7 Å². The van der Waals surface area contributed by atoms with Crippen molar-refractivity contribution in [2.45, 2.75) is 5.41 Å². The Morgan fingerprint density at radius 3 is 1.55 bits per heavy atom. The molecule has 0 fully saturated rings. The summed E-state index contributed by atoms with van der Waals surface area (Å²) in [6.45, 7) is 0. The lowest BCUT2D eigenvalue weighted by Crippen LogP contribution is -2.26. The molecule has 13 rings (SSSR count). The van der Waals surface area contributed by atoms with Crippen LogP contribution in [0.1, 0.15) is 29.1 Å². The largest absolute Gasteiger partial charge is 0.342 e. The Bertz CT molecular complexity index is 3860. The van der Waals surface area contributed by atoms with Crippen molar-refractivity contribution >= 4 is 55.9 Å². The molecule has 1 spiro atoms. The summed E-state index contributed by atoms with van der Waals surface area (Å²) >= 11 is 0. The van der Waals surface area contributed by atoms with Crippen molar-refractivity contribution in [3.8, 4) is 33.4 Å². The van der Waals surface area contributed by atoms with Crippen LogP contribution >= 0.6 is 0 Å². The van der Waals surface area contributed by atoms with Gasteiger partial charge < -0.3 is 14.4 Å². The van der Waals surface area contributed by atoms with E-state index in [1.54, 1.807) is 0 Å². The van der Waals surface area contributed by atoms with Gasteiger partial charge in [0.25, 0.3) is 0 Å². The lowest BCUT2D eigenvalue weighted by molar-refractivity contribution is 0.793. The fraction of sp³-hybridized carbons (Fsp3) is 0.0323. The van der Waals surface area contributed by atoms with E-state index in [4.69, 9.17) is 6.85 Å². The lowest BCUT2D eigenvalue weighted by atomic mass is 9.70. The van der Waals surface area contributed by atoms with Crippen molar-refractivity contribution in [1.29, 1.82) is 0 Å². The predicted octanol–water partition coefficient (Wildman–Crippen LogP) is 16.3. The van der Waals surface area contributed by atoms with E-state index in [0.29, 0.717) is 5.56 Å². The number of benzene rings is 10. The second kappa shape index (κ2) is 14.6. The quantitative estimate of drug-likeness (QED) is 0.158. The average molecular weight is 835 g/mol. The number of hydrogen-bond donors (Lipinski definition) is 0. The predicted molar refractivity (Wildman–Crippen MR) is 272 cm³/mol. The topological polar surface area (TPSA) is 11.4 Å². The van der Waals surface area contributed by atoms with Crippen LogP contribution in [-0.2, 0) is 12.5 Å². The van der Waals surface area contributed by atoms with E-state index in [2.05, 4.69) is 209 Å². The zero-order valence-electron chi connectivity index (χ0n) is 40.5. The second-order valence-corrected chi connectivity index (χ2v) is 16.9. The van der Waals surface area contributed by atoms with Crippen LogP contribution in [0, 0.1) is 0 Å². The third-order valence-electron chi connectivity index (χ3n) is 13.6. The minimum absolute atomic E-state index is 0.161. The maximum Gasteiger partial charge on any atom is 0.0733 e. The van der Waals surface area contributed by atoms with E-state index in [0.717, 1.165) is 67.1 Å². The number of anilines is 6. The van der Waals surface area contributed by atoms with Crippen LogP contribution < -0.4 is 9.80 Å². The van der Waals surface area contributed by atoms with Gasteiger partial charge in [-0.2, -0.15) is 0 Å². The summed E-state index contributed by atoms with van der Waals surface area (Å²) in [7, 11) is 2.11. The van der Waals surface area contributed by atoms with Gasteiger partial charge >= 0.3 is 0 Å². The van der Waals surface area contributed by atoms with Gasteiger partial charge in [0.15, 0.2) is 0 Å². The smallest absolute Gasteiger partial charge is 0.0733 e. The number of hydrogen-bond acceptors (Lipinski definition) is 2. The van der Waals surface area contributed by atoms with Crippen LogP contribution in [0.25, 0.3) is 55.2 Å². The first-order valence-corrected chi connectivity index (χ1v) is 22.1. The molecule has 0 saturated carbocycles. The summed E-state index contributed by atoms with van der Waals surface area (Å²) in [5.74, 6) is 0. The molecule has 3 heteroatoms. The van der Waals surface area contributed by atoms with Crippen molar-refractivity contribution in [2.75, 3.05) is 9.80 Å². The van der Waals surface area contributed by atoms with Crippen LogP contribution in [0.5, 0.6) is 0 Å². The summed E-state index contributed by atoms with van der Waals surface area (Å²) in [5.41, 5.74) is 17.5. The number of para-hydroxylation sites is 4. The first-order chi connectivity index (χ1) is 34.3. The summed E-state index contributed by atoms with van der Waals surface area (Å²) in [5, 5.41) is 2.26. The van der Waals surface area contributed by atoms with E-state index >= 15 is 0 Å². The van der Waals surface area contributed by atoms with Gasteiger partial charge in [0.2, 0.25) is 0 Å². The minimum Gasteiger partial charge on any atom is -0.342 e. The number of nitrogens with zero attached hydrogens (tertiary/aromatic N) is 3. The highest BCUT2D eigenvalue weighted by Gasteiger charge is 2.52. The zero-order valence-corrected chi connectivity index (χ0v) is 35.5. The molecule has 306 valence electrons. The zero-order chi connectivity index (χ0) is 47.4. The van der Waals surface area contributed by atoms with Crippen LogP contribution in [0.3, 0.4) is 0 Å². The molecule has 2 aliphatic rings. The van der Waals surface area contributed by atoms with Crippen molar-refractivity contribution in [3.05, 3.63) is 265 Å². The van der Waals surface area contributed by atoms with Crippen LogP contribution in [0.4, 0.5) is 34.1 Å². The molecule has 0 radical (unpaired) electrons. The normalized spacial score (nSPS) is 15.4. The molecule has 0 amide bonds. The standard InChI is InChI=1S/C62H43N3/c1-63-59-33-16-13-29-53(59)54-30-18-34-60(61(54)63)65(46-26-17-21-43(39-46)42-19-5-2-6-20-42)48-36-38-52-50-28-12-15-32-56(50)62(58(52)41-48)55-31-14-11-27-49(55)51-37-35-47(40-57(51)62)64(44-22-7-3-8-23-44)45-24-9-4-10-25-45/h2-41H,1H3/i2D,5D,6D,19D,20D. The molecule has 65 heavy (non-hydrogen) atoms. The van der Waals surface area contributed by atoms with Gasteiger partial charge in [-0.15, -0.1) is 0 Å². The fourth-order valence-electron chi connectivity index (χ4n) is 11.0. The van der Waals surface area contributed by atoms with Gasteiger partial charge in [-0.3, -0.25) is 0 Å². The van der Waals surface area contributed by atoms with Gasteiger partial charge in [0.1, 0.15) is 0 Å². The molecule has 0 aliphatic heterocycles. The number of aromatic nitrogens is 1. The first-order valence-electron chi connectivity index (χ1n) is 24.6. The highest BCUT2D eigenvalue weighted by atomic mass is 15.2. The number of rotatable bonds is 7. The van der Waals surface area contributed by atoms with Crippen molar-refractivity contribution in [2.24, 2.45) is 7.05 Å². The summed E-state index contributed by atoms with van der Waals surface area (Å²) in [6, 6.07) is 73.7. The van der Waals surface area contributed by atoms with E-state index in [1.807, 2.05) is 24.3 Å². The highest BCUT2D eigenvalue weighted by Crippen LogP contribution is 2.64. The van der Waals surface area contributed by atoms with E-state index in [1.165, 1.54) is 33.4 Å². The van der Waals surface area contributed by atoms with Gasteiger partial charge in [0.05, 0.1) is 23.5 Å². The number of aryl methyl sites for hydroxylation is 1. The molecule has 1 aromatic heterocycles. The molecule has 0 bridgehead atoms. The van der Waals surface area contributed by atoms with Crippen LogP contribution in [0.15, 0.2) is 243 Å². The Morgan fingerprint density at radius 1 is 0.385 bits per heavy atom. The fourth-order valence-corrected chi connectivity index (χ4v) is 11.0. The molecule has 0 N–H and O–H groups in total. The van der Waals surface area contributed by atoms with Crippen molar-refractivity contribution in [3.63, 3.8) is 0 Å². The minimum atomic E-state index is -0.699. The van der Waals surface area contributed by atoms with E-state index in [9.17, 15) is 0 Å². The van der Waals surface area contributed by atoms with Crippen LogP contribution in [0.2, 0.25) is 0 Å². The molecule has 1 atom stereocenters. The van der Waals surface area contributed by atoms with Crippen molar-refractivity contribution in [1.82, 2.24) is 4.57 Å². The van der Waals surface area contributed by atoms with E-state index < -0.39 is 11.5 Å². The maximum atomic E-state index is 8.98. The maximum absolute atomic E-state index is 8.98. The Labute approximate surface area is 386 Å². The lowest BCUT2D eigenvalue weighted by Gasteiger charge is -2.33. The summed E-state index contributed by atoms with van der Waals surface area (Å²) < 4.78 is 45.7. The third-order valence-corrected chi connectivity index (χ3v) is 13.6. The number of fused-ring (bicyclic) bond motifs is 13. The monoisotopic (exact) mass is 834 g/mol. The molecular weight excluding hydrogens is 787 g/mol. The van der Waals surface area contributed by atoms with Gasteiger partial charge in [-0.05, 0) is 128 Å². The highest BCUT2D eigenvalue weighted by molar-refractivity contribution is 6.13. The molecule has 0 saturated heterocycles. The Balaban J connectivity index is 1.09. The first kappa shape index (κ1) is 32.3. The van der Waals surface area contributed by atoms with Gasteiger partial charge in [-0.25, -0.2) is 0 Å². The molecular formula is C62H43N3. The van der Waals surface area contributed by atoms with Gasteiger partial charge in [0, 0.05) is 51.8 Å². The molecule has 3 nitrogen and oxygen atoms in total.